The second-order valence-electron chi connectivity index (χ2n) is 4.73. The lowest BCUT2D eigenvalue weighted by Crippen LogP contribution is -2.37. The Morgan fingerprint density at radius 3 is 2.83 bits per heavy atom. The zero-order valence-corrected chi connectivity index (χ0v) is 8.29. The summed E-state index contributed by atoms with van der Waals surface area (Å²) in [6, 6.07) is 0.716. The Balaban J connectivity index is 2.11. The van der Waals surface area contributed by atoms with Crippen LogP contribution in [0, 0.1) is 11.8 Å². The van der Waals surface area contributed by atoms with E-state index in [4.69, 9.17) is 0 Å². The minimum absolute atomic E-state index is 0.716. The first-order valence-electron chi connectivity index (χ1n) is 5.36. The summed E-state index contributed by atoms with van der Waals surface area (Å²) < 4.78 is 2.55. The van der Waals surface area contributed by atoms with Gasteiger partial charge in [0, 0.05) is 11.8 Å². The van der Waals surface area contributed by atoms with Crippen molar-refractivity contribution in [3.63, 3.8) is 0 Å². The van der Waals surface area contributed by atoms with E-state index in [0.717, 1.165) is 11.8 Å². The second kappa shape index (κ2) is 3.20. The highest BCUT2D eigenvalue weighted by Gasteiger charge is 2.31. The molecule has 0 spiro atoms. The molecule has 0 N–H and O–H groups in total. The summed E-state index contributed by atoms with van der Waals surface area (Å²) in [6.45, 7) is 5.93. The van der Waals surface area contributed by atoms with Crippen LogP contribution in [0.5, 0.6) is 0 Å². The average Bonchev–Trinajstić information content (AvgIpc) is 2.03. The van der Waals surface area contributed by atoms with E-state index in [1.165, 1.54) is 32.2 Å². The second-order valence-corrected chi connectivity index (χ2v) is 4.73. The molecule has 0 aromatic carbocycles. The van der Waals surface area contributed by atoms with Crippen molar-refractivity contribution < 1.29 is 4.58 Å². The molecule has 2 aliphatic rings. The summed E-state index contributed by atoms with van der Waals surface area (Å²) >= 11 is 0. The molecule has 1 heterocycles. The SMILES string of the molecule is CC(C)[N+]1=C[C@H]2CCC[C@H](C2)C1. The van der Waals surface area contributed by atoms with Gasteiger partial charge in [0.25, 0.3) is 0 Å². The minimum atomic E-state index is 0.716. The Morgan fingerprint density at radius 1 is 1.33 bits per heavy atom. The van der Waals surface area contributed by atoms with E-state index in [-0.39, 0.29) is 0 Å². The van der Waals surface area contributed by atoms with E-state index < -0.39 is 0 Å². The van der Waals surface area contributed by atoms with Crippen LogP contribution in [0.4, 0.5) is 0 Å². The highest BCUT2D eigenvalue weighted by atomic mass is 15.0. The lowest BCUT2D eigenvalue weighted by Gasteiger charge is -2.30. The topological polar surface area (TPSA) is 3.01 Å². The van der Waals surface area contributed by atoms with Gasteiger partial charge in [0.05, 0.1) is 0 Å². The molecule has 0 aromatic heterocycles. The van der Waals surface area contributed by atoms with Gasteiger partial charge in [-0.05, 0) is 33.1 Å². The Kier molecular flexibility index (Phi) is 2.20. The third kappa shape index (κ3) is 1.55. The summed E-state index contributed by atoms with van der Waals surface area (Å²) in [4.78, 5) is 0. The quantitative estimate of drug-likeness (QED) is 0.526. The van der Waals surface area contributed by atoms with Gasteiger partial charge in [0.1, 0.15) is 18.8 Å². The Hall–Kier alpha value is -0.330. The molecule has 0 unspecified atom stereocenters. The molecule has 1 aliphatic heterocycles. The first-order chi connectivity index (χ1) is 5.75. The molecule has 12 heavy (non-hydrogen) atoms. The van der Waals surface area contributed by atoms with E-state index in [1.54, 1.807) is 0 Å². The predicted molar refractivity (Wildman–Crippen MR) is 51.8 cm³/mol. The lowest BCUT2D eigenvalue weighted by atomic mass is 9.79. The van der Waals surface area contributed by atoms with Crippen molar-refractivity contribution >= 4 is 6.21 Å². The van der Waals surface area contributed by atoms with Crippen LogP contribution in [0.3, 0.4) is 0 Å². The standard InChI is InChI=1S/C11H20N/c1-9(2)12-7-10-4-3-5-11(6-10)8-12/h7,9-11H,3-6,8H2,1-2H3/q+1/t10-,11+/m0/s1. The molecule has 2 bridgehead atoms. The summed E-state index contributed by atoms with van der Waals surface area (Å²) in [5.41, 5.74) is 0. The molecule has 1 fully saturated rings. The van der Waals surface area contributed by atoms with Gasteiger partial charge in [0.15, 0.2) is 0 Å². The van der Waals surface area contributed by atoms with Crippen LogP contribution in [0.15, 0.2) is 0 Å². The Labute approximate surface area is 75.5 Å². The monoisotopic (exact) mass is 166 g/mol. The molecule has 1 saturated carbocycles. The third-order valence-electron chi connectivity index (χ3n) is 3.36. The van der Waals surface area contributed by atoms with Gasteiger partial charge in [-0.2, -0.15) is 0 Å². The van der Waals surface area contributed by atoms with E-state index in [2.05, 4.69) is 24.6 Å². The third-order valence-corrected chi connectivity index (χ3v) is 3.36. The first kappa shape index (κ1) is 8.28. The Morgan fingerprint density at radius 2 is 2.17 bits per heavy atom. The van der Waals surface area contributed by atoms with Gasteiger partial charge in [-0.3, -0.25) is 0 Å². The van der Waals surface area contributed by atoms with Crippen molar-refractivity contribution in [2.75, 3.05) is 6.54 Å². The maximum Gasteiger partial charge on any atom is 0.146 e. The van der Waals surface area contributed by atoms with E-state index in [1.807, 2.05) is 0 Å². The van der Waals surface area contributed by atoms with Gasteiger partial charge < -0.3 is 0 Å². The minimum Gasteiger partial charge on any atom is -0.237 e. The number of rotatable bonds is 1. The van der Waals surface area contributed by atoms with Crippen molar-refractivity contribution in [3.8, 4) is 0 Å². The fourth-order valence-electron chi connectivity index (χ4n) is 2.65. The zero-order chi connectivity index (χ0) is 8.55. The number of hydrogen-bond acceptors (Lipinski definition) is 0. The van der Waals surface area contributed by atoms with Gasteiger partial charge in [0.2, 0.25) is 0 Å². The van der Waals surface area contributed by atoms with Crippen LogP contribution in [-0.2, 0) is 0 Å². The van der Waals surface area contributed by atoms with Crippen molar-refractivity contribution in [2.45, 2.75) is 45.6 Å². The molecule has 0 saturated heterocycles. The van der Waals surface area contributed by atoms with Crippen LogP contribution >= 0.6 is 0 Å². The van der Waals surface area contributed by atoms with Gasteiger partial charge in [-0.1, -0.05) is 6.42 Å². The number of nitrogens with zero attached hydrogens (tertiary/aromatic N) is 1. The molecule has 0 radical (unpaired) electrons. The largest absolute Gasteiger partial charge is 0.237 e. The van der Waals surface area contributed by atoms with Gasteiger partial charge in [-0.25, -0.2) is 4.58 Å². The molecule has 0 aromatic rings. The summed E-state index contributed by atoms with van der Waals surface area (Å²) in [7, 11) is 0. The molecule has 1 heteroatoms. The van der Waals surface area contributed by atoms with Crippen LogP contribution in [-0.4, -0.2) is 23.4 Å². The fraction of sp³-hybridized carbons (Fsp3) is 0.909. The molecule has 0 amide bonds. The van der Waals surface area contributed by atoms with E-state index in [0.29, 0.717) is 6.04 Å². The van der Waals surface area contributed by atoms with Crippen molar-refractivity contribution in [3.05, 3.63) is 0 Å². The average molecular weight is 166 g/mol. The molecule has 1 aliphatic carbocycles. The normalized spacial score (nSPS) is 35.1. The number of fused-ring (bicyclic) bond motifs is 2. The van der Waals surface area contributed by atoms with Gasteiger partial charge >= 0.3 is 0 Å². The molecule has 2 atom stereocenters. The fourth-order valence-corrected chi connectivity index (χ4v) is 2.65. The van der Waals surface area contributed by atoms with Gasteiger partial charge in [-0.15, -0.1) is 0 Å². The first-order valence-corrected chi connectivity index (χ1v) is 5.36. The molecular formula is C11H20N+. The summed E-state index contributed by atoms with van der Waals surface area (Å²) in [5, 5.41) is 0. The molecular weight excluding hydrogens is 146 g/mol. The van der Waals surface area contributed by atoms with Crippen molar-refractivity contribution in [1.82, 2.24) is 0 Å². The molecule has 68 valence electrons. The summed E-state index contributed by atoms with van der Waals surface area (Å²) in [6.07, 6.45) is 8.37. The van der Waals surface area contributed by atoms with E-state index in [9.17, 15) is 0 Å². The van der Waals surface area contributed by atoms with Crippen LogP contribution in [0.2, 0.25) is 0 Å². The lowest BCUT2D eigenvalue weighted by molar-refractivity contribution is -0.568. The maximum atomic E-state index is 2.55. The van der Waals surface area contributed by atoms with Crippen molar-refractivity contribution in [2.24, 2.45) is 11.8 Å². The predicted octanol–water partition coefficient (Wildman–Crippen LogP) is 2.30. The zero-order valence-electron chi connectivity index (χ0n) is 8.29. The summed E-state index contributed by atoms with van der Waals surface area (Å²) in [5.74, 6) is 1.93. The Bertz CT molecular complexity index is 193. The highest BCUT2D eigenvalue weighted by molar-refractivity contribution is 5.56. The van der Waals surface area contributed by atoms with Crippen LogP contribution in [0.1, 0.15) is 39.5 Å². The number of hydrogen-bond donors (Lipinski definition) is 0. The molecule has 2 rings (SSSR count). The van der Waals surface area contributed by atoms with Crippen molar-refractivity contribution in [1.29, 1.82) is 0 Å². The van der Waals surface area contributed by atoms with E-state index >= 15 is 0 Å². The smallest absolute Gasteiger partial charge is 0.146 e. The maximum absolute atomic E-state index is 2.55. The van der Waals surface area contributed by atoms with Crippen LogP contribution in [0.25, 0.3) is 0 Å². The highest BCUT2D eigenvalue weighted by Crippen LogP contribution is 2.31. The molecule has 1 nitrogen and oxygen atoms in total. The van der Waals surface area contributed by atoms with Crippen LogP contribution < -0.4 is 0 Å².